The van der Waals surface area contributed by atoms with Crippen molar-refractivity contribution in [1.29, 1.82) is 0 Å². The van der Waals surface area contributed by atoms with E-state index in [9.17, 15) is 0 Å². The molecular formula is C24H43IN4O2. The number of ether oxygens (including phenoxy) is 2. The van der Waals surface area contributed by atoms with Crippen molar-refractivity contribution in [3.05, 3.63) is 35.4 Å². The Kier molecular flexibility index (Phi) is 15.2. The molecule has 6 nitrogen and oxygen atoms in total. The summed E-state index contributed by atoms with van der Waals surface area (Å²) in [6, 6.07) is 9.12. The van der Waals surface area contributed by atoms with E-state index in [0.717, 1.165) is 71.3 Å². The highest BCUT2D eigenvalue weighted by Crippen LogP contribution is 2.15. The van der Waals surface area contributed by atoms with E-state index in [1.54, 1.807) is 0 Å². The SMILES string of the molecule is CCNC(=NCc1ccccc1CN(C)C(C)C)NCCCOCC1CCOCC1.I. The number of nitrogens with zero attached hydrogens (tertiary/aromatic N) is 2. The van der Waals surface area contributed by atoms with Crippen LogP contribution < -0.4 is 10.6 Å². The molecule has 1 saturated heterocycles. The fourth-order valence-corrected chi connectivity index (χ4v) is 3.37. The van der Waals surface area contributed by atoms with Crippen molar-refractivity contribution in [3.8, 4) is 0 Å². The fourth-order valence-electron chi connectivity index (χ4n) is 3.37. The maximum Gasteiger partial charge on any atom is 0.191 e. The Morgan fingerprint density at radius 1 is 1.19 bits per heavy atom. The number of aliphatic imine (C=N–C) groups is 1. The van der Waals surface area contributed by atoms with Crippen LogP contribution in [-0.2, 0) is 22.6 Å². The van der Waals surface area contributed by atoms with Gasteiger partial charge < -0.3 is 20.1 Å². The second-order valence-corrected chi connectivity index (χ2v) is 8.38. The highest BCUT2D eigenvalue weighted by Gasteiger charge is 2.13. The van der Waals surface area contributed by atoms with E-state index < -0.39 is 0 Å². The number of hydrogen-bond acceptors (Lipinski definition) is 4. The van der Waals surface area contributed by atoms with Crippen molar-refractivity contribution < 1.29 is 9.47 Å². The molecule has 0 spiro atoms. The maximum atomic E-state index is 5.86. The predicted molar refractivity (Wildman–Crippen MR) is 140 cm³/mol. The zero-order valence-corrected chi connectivity index (χ0v) is 22.2. The summed E-state index contributed by atoms with van der Waals surface area (Å²) in [5.41, 5.74) is 2.62. The smallest absolute Gasteiger partial charge is 0.191 e. The fraction of sp³-hybridized carbons (Fsp3) is 0.708. The van der Waals surface area contributed by atoms with Crippen LogP contribution in [0.5, 0.6) is 0 Å². The molecule has 0 atom stereocenters. The van der Waals surface area contributed by atoms with Gasteiger partial charge in [0.1, 0.15) is 0 Å². The number of rotatable bonds is 12. The van der Waals surface area contributed by atoms with Crippen LogP contribution in [0.2, 0.25) is 0 Å². The molecule has 0 bridgehead atoms. The van der Waals surface area contributed by atoms with Gasteiger partial charge in [0.2, 0.25) is 0 Å². The Morgan fingerprint density at radius 2 is 1.90 bits per heavy atom. The summed E-state index contributed by atoms with van der Waals surface area (Å²) < 4.78 is 11.3. The molecular weight excluding hydrogens is 503 g/mol. The van der Waals surface area contributed by atoms with Gasteiger partial charge in [0, 0.05) is 52.1 Å². The Balaban J connectivity index is 0.00000480. The molecule has 2 rings (SSSR count). The van der Waals surface area contributed by atoms with Crippen LogP contribution in [-0.4, -0.2) is 63.5 Å². The van der Waals surface area contributed by atoms with Crippen molar-refractivity contribution in [2.24, 2.45) is 10.9 Å². The molecule has 31 heavy (non-hydrogen) atoms. The molecule has 0 aromatic heterocycles. The summed E-state index contributed by atoms with van der Waals surface area (Å²) in [7, 11) is 2.17. The zero-order valence-electron chi connectivity index (χ0n) is 19.9. The van der Waals surface area contributed by atoms with Gasteiger partial charge in [-0.25, -0.2) is 4.99 Å². The average Bonchev–Trinajstić information content (AvgIpc) is 2.75. The van der Waals surface area contributed by atoms with Crippen LogP contribution in [0.4, 0.5) is 0 Å². The Labute approximate surface area is 206 Å². The van der Waals surface area contributed by atoms with E-state index in [4.69, 9.17) is 14.5 Å². The van der Waals surface area contributed by atoms with Gasteiger partial charge in [0.05, 0.1) is 6.54 Å². The standard InChI is InChI=1S/C24H42N4O2.HI/c1-5-25-24(26-13-8-14-30-19-21-11-15-29-16-12-21)27-17-22-9-6-7-10-23(22)18-28(4)20(2)3;/h6-7,9-10,20-21H,5,8,11-19H2,1-4H3,(H2,25,26,27);1H. The number of hydrogen-bond donors (Lipinski definition) is 2. The first kappa shape index (κ1) is 28.1. The summed E-state index contributed by atoms with van der Waals surface area (Å²) >= 11 is 0. The van der Waals surface area contributed by atoms with Crippen LogP contribution >= 0.6 is 24.0 Å². The Hall–Kier alpha value is -0.900. The molecule has 0 saturated carbocycles. The van der Waals surface area contributed by atoms with Gasteiger partial charge in [0.15, 0.2) is 5.96 Å². The Morgan fingerprint density at radius 3 is 2.58 bits per heavy atom. The van der Waals surface area contributed by atoms with E-state index >= 15 is 0 Å². The normalized spacial score (nSPS) is 15.2. The van der Waals surface area contributed by atoms with Gasteiger partial charge >= 0.3 is 0 Å². The minimum atomic E-state index is 0. The van der Waals surface area contributed by atoms with E-state index in [1.165, 1.54) is 11.1 Å². The average molecular weight is 547 g/mol. The topological polar surface area (TPSA) is 58.1 Å². The molecule has 2 N–H and O–H groups in total. The molecule has 0 unspecified atom stereocenters. The van der Waals surface area contributed by atoms with Crippen molar-refractivity contribution in [2.75, 3.05) is 46.6 Å². The molecule has 1 fully saturated rings. The molecule has 1 heterocycles. The third-order valence-corrected chi connectivity index (χ3v) is 5.62. The maximum absolute atomic E-state index is 5.86. The van der Waals surface area contributed by atoms with E-state index in [2.05, 4.69) is 67.6 Å². The number of guanidine groups is 1. The first-order valence-corrected chi connectivity index (χ1v) is 11.5. The molecule has 7 heteroatoms. The molecule has 0 amide bonds. The molecule has 0 aliphatic carbocycles. The summed E-state index contributed by atoms with van der Waals surface area (Å²) in [4.78, 5) is 7.16. The molecule has 178 valence electrons. The molecule has 1 aromatic carbocycles. The molecule has 0 radical (unpaired) electrons. The zero-order chi connectivity index (χ0) is 21.6. The first-order valence-electron chi connectivity index (χ1n) is 11.5. The van der Waals surface area contributed by atoms with E-state index in [-0.39, 0.29) is 24.0 Å². The summed E-state index contributed by atoms with van der Waals surface area (Å²) in [6.07, 6.45) is 3.23. The third-order valence-electron chi connectivity index (χ3n) is 5.62. The minimum absolute atomic E-state index is 0. The largest absolute Gasteiger partial charge is 0.381 e. The van der Waals surface area contributed by atoms with Crippen LogP contribution in [0.1, 0.15) is 51.2 Å². The van der Waals surface area contributed by atoms with Crippen LogP contribution in [0.15, 0.2) is 29.3 Å². The number of halogens is 1. The lowest BCUT2D eigenvalue weighted by Crippen LogP contribution is -2.38. The lowest BCUT2D eigenvalue weighted by atomic mass is 10.0. The lowest BCUT2D eigenvalue weighted by Gasteiger charge is -2.22. The van der Waals surface area contributed by atoms with Crippen molar-refractivity contribution in [1.82, 2.24) is 15.5 Å². The third kappa shape index (κ3) is 11.5. The van der Waals surface area contributed by atoms with Gasteiger partial charge in [-0.05, 0) is 64.1 Å². The van der Waals surface area contributed by atoms with Gasteiger partial charge in [-0.1, -0.05) is 24.3 Å². The van der Waals surface area contributed by atoms with Crippen molar-refractivity contribution >= 4 is 29.9 Å². The minimum Gasteiger partial charge on any atom is -0.381 e. The lowest BCUT2D eigenvalue weighted by molar-refractivity contribution is 0.0203. The highest BCUT2D eigenvalue weighted by atomic mass is 127. The number of nitrogens with one attached hydrogen (secondary N) is 2. The quantitative estimate of drug-likeness (QED) is 0.180. The highest BCUT2D eigenvalue weighted by molar-refractivity contribution is 14.0. The predicted octanol–water partition coefficient (Wildman–Crippen LogP) is 4.03. The van der Waals surface area contributed by atoms with Crippen LogP contribution in [0.3, 0.4) is 0 Å². The first-order chi connectivity index (χ1) is 14.6. The van der Waals surface area contributed by atoms with Gasteiger partial charge in [0.25, 0.3) is 0 Å². The van der Waals surface area contributed by atoms with Crippen molar-refractivity contribution in [3.63, 3.8) is 0 Å². The summed E-state index contributed by atoms with van der Waals surface area (Å²) in [5.74, 6) is 1.54. The van der Waals surface area contributed by atoms with E-state index in [0.29, 0.717) is 18.5 Å². The Bertz CT molecular complexity index is 621. The van der Waals surface area contributed by atoms with E-state index in [1.807, 2.05) is 0 Å². The van der Waals surface area contributed by atoms with Gasteiger partial charge in [-0.15, -0.1) is 24.0 Å². The second kappa shape index (κ2) is 16.7. The monoisotopic (exact) mass is 546 g/mol. The second-order valence-electron chi connectivity index (χ2n) is 8.38. The number of benzene rings is 1. The molecule has 1 aliphatic heterocycles. The van der Waals surface area contributed by atoms with Gasteiger partial charge in [-0.2, -0.15) is 0 Å². The van der Waals surface area contributed by atoms with Gasteiger partial charge in [-0.3, -0.25) is 4.90 Å². The summed E-state index contributed by atoms with van der Waals surface area (Å²) in [5, 5.41) is 6.78. The van der Waals surface area contributed by atoms with Crippen LogP contribution in [0.25, 0.3) is 0 Å². The molecule has 1 aromatic rings. The molecule has 1 aliphatic rings. The summed E-state index contributed by atoms with van der Waals surface area (Å²) in [6.45, 7) is 13.3. The van der Waals surface area contributed by atoms with Crippen LogP contribution in [0, 0.1) is 5.92 Å². The van der Waals surface area contributed by atoms with Crippen molar-refractivity contribution in [2.45, 2.75) is 59.2 Å².